The van der Waals surface area contributed by atoms with Crippen molar-refractivity contribution in [2.24, 2.45) is 23.2 Å². The predicted octanol–water partition coefficient (Wildman–Crippen LogP) is 6.18. The highest BCUT2D eigenvalue weighted by Crippen LogP contribution is 2.83. The zero-order chi connectivity index (χ0) is 53.3. The molecule has 3 aromatic rings. The van der Waals surface area contributed by atoms with Crippen LogP contribution in [-0.2, 0) is 91.2 Å². The number of ether oxygens (including phenoxy) is 10. The first-order chi connectivity index (χ1) is 37.3. The number of carbonyl (C=O) groups excluding carboxylic acids is 5. The lowest BCUT2D eigenvalue weighted by atomic mass is 9.46. The zero-order valence-electron chi connectivity index (χ0n) is 44.3. The molecule has 0 N–H and O–H groups in total. The minimum atomic E-state index is -0.879. The lowest BCUT2D eigenvalue weighted by Crippen LogP contribution is -2.70. The zero-order valence-corrected chi connectivity index (χ0v) is 44.3. The Kier molecular flexibility index (Phi) is 14.0. The van der Waals surface area contributed by atoms with E-state index in [1.165, 1.54) is 0 Å². The molecule has 77 heavy (non-hydrogen) atoms. The number of cyclic esters (lactones) is 1. The summed E-state index contributed by atoms with van der Waals surface area (Å²) in [6, 6.07) is 29.6. The largest absolute Gasteiger partial charge is 0.463 e. The molecule has 2 saturated carbocycles. The SMILES string of the molecule is CC(C)C12O[C@H]1[C@@H]1O[C@]13[C@]1(O[C@H]1C[C@H]1C4=C(CC[C@@]13C)C(=O)OC4)[C@@H]2OC(=O)CCC(=O)N1CCN(C(=O)CCC(=O)OC[C@H]2OC(OCc3ccccc3)[C@H](OCc3ccccc3)[C@@H](OCc3ccccc3)[C@@H]2C)CC1. The van der Waals surface area contributed by atoms with Gasteiger partial charge >= 0.3 is 17.9 Å². The quantitative estimate of drug-likeness (QED) is 0.0751. The fourth-order valence-electron chi connectivity index (χ4n) is 14.3. The molecule has 7 fully saturated rings. The summed E-state index contributed by atoms with van der Waals surface area (Å²) >= 11 is 0. The molecule has 2 spiro atoms. The van der Waals surface area contributed by atoms with Crippen LogP contribution in [0.4, 0.5) is 0 Å². The van der Waals surface area contributed by atoms with Crippen LogP contribution in [-0.4, -0.2) is 145 Å². The van der Waals surface area contributed by atoms with E-state index in [1.807, 2.05) is 97.9 Å². The van der Waals surface area contributed by atoms with E-state index in [1.54, 1.807) is 9.80 Å². The van der Waals surface area contributed by atoms with Crippen LogP contribution in [0.2, 0.25) is 0 Å². The van der Waals surface area contributed by atoms with Crippen LogP contribution in [0.5, 0.6) is 0 Å². The Morgan fingerprint density at radius 2 is 1.27 bits per heavy atom. The summed E-state index contributed by atoms with van der Waals surface area (Å²) in [5, 5.41) is 0. The Bertz CT molecular complexity index is 2750. The Morgan fingerprint density at radius 3 is 1.87 bits per heavy atom. The van der Waals surface area contributed by atoms with Gasteiger partial charge in [-0.25, -0.2) is 4.79 Å². The van der Waals surface area contributed by atoms with Crippen LogP contribution in [0, 0.1) is 23.2 Å². The van der Waals surface area contributed by atoms with Gasteiger partial charge in [0, 0.05) is 55.9 Å². The molecule has 0 bridgehead atoms. The van der Waals surface area contributed by atoms with E-state index in [2.05, 4.69) is 20.8 Å². The van der Waals surface area contributed by atoms with Crippen LogP contribution >= 0.6 is 0 Å². The normalized spacial score (nSPS) is 36.0. The average molecular weight is 1060 g/mol. The summed E-state index contributed by atoms with van der Waals surface area (Å²) < 4.78 is 64.2. The lowest BCUT2D eigenvalue weighted by molar-refractivity contribution is -0.311. The molecule has 12 rings (SSSR count). The molecule has 0 aromatic heterocycles. The molecule has 3 aromatic carbocycles. The maximum Gasteiger partial charge on any atom is 0.334 e. The number of rotatable bonds is 19. The van der Waals surface area contributed by atoms with Gasteiger partial charge in [0.15, 0.2) is 18.0 Å². The van der Waals surface area contributed by atoms with Gasteiger partial charge < -0.3 is 57.2 Å². The number of hydrogen-bond acceptors (Lipinski definition) is 15. The summed E-state index contributed by atoms with van der Waals surface area (Å²) in [4.78, 5) is 70.2. The monoisotopic (exact) mass is 1060 g/mol. The van der Waals surface area contributed by atoms with Gasteiger partial charge in [0.25, 0.3) is 0 Å². The van der Waals surface area contributed by atoms with Gasteiger partial charge in [-0.1, -0.05) is 119 Å². The van der Waals surface area contributed by atoms with Crippen molar-refractivity contribution in [2.75, 3.05) is 39.4 Å². The average Bonchev–Trinajstić information content (AvgIpc) is 1.63. The molecule has 2 unspecified atom stereocenters. The number of epoxide rings is 3. The van der Waals surface area contributed by atoms with E-state index in [9.17, 15) is 24.0 Å². The predicted molar refractivity (Wildman–Crippen MR) is 273 cm³/mol. The van der Waals surface area contributed by atoms with Gasteiger partial charge in [-0.2, -0.15) is 0 Å². The third kappa shape index (κ3) is 9.11. The third-order valence-electron chi connectivity index (χ3n) is 18.6. The van der Waals surface area contributed by atoms with Gasteiger partial charge in [0.1, 0.15) is 48.8 Å². The Hall–Kier alpha value is -5.53. The number of hydrogen-bond donors (Lipinski definition) is 0. The molecule has 6 heterocycles. The molecular weight excluding hydrogens is 989 g/mol. The number of piperazine rings is 1. The van der Waals surface area contributed by atoms with Crippen LogP contribution < -0.4 is 0 Å². The van der Waals surface area contributed by atoms with E-state index >= 15 is 0 Å². The second kappa shape index (κ2) is 20.6. The van der Waals surface area contributed by atoms with E-state index in [0.29, 0.717) is 58.8 Å². The number of nitrogens with zero attached hydrogens (tertiary/aromatic N) is 2. The van der Waals surface area contributed by atoms with Crippen molar-refractivity contribution in [3.05, 3.63) is 119 Å². The minimum Gasteiger partial charge on any atom is -0.463 e. The van der Waals surface area contributed by atoms with Crippen molar-refractivity contribution >= 4 is 29.7 Å². The van der Waals surface area contributed by atoms with Crippen molar-refractivity contribution in [1.82, 2.24) is 9.80 Å². The highest BCUT2D eigenvalue weighted by molar-refractivity contribution is 5.92. The number of benzene rings is 3. The molecule has 17 nitrogen and oxygen atoms in total. The van der Waals surface area contributed by atoms with Crippen molar-refractivity contribution in [3.63, 3.8) is 0 Å². The molecule has 5 saturated heterocycles. The Balaban J connectivity index is 0.620. The molecule has 410 valence electrons. The maximum absolute atomic E-state index is 13.9. The second-order valence-corrected chi connectivity index (χ2v) is 23.0. The first-order valence-electron chi connectivity index (χ1n) is 27.7. The standard InChI is InChI=1S/C60H70N2O15/c1-36(2)58-52(76-58)53-60(77-53)57(4)25-24-41-42(34-71-54(41)67)43(57)30-45-59(60,75-45)56(58)74-49(66)23-21-47(64)62-28-26-61(27-29-62)46(63)20-22-48(65)68-35-44-37(3)50(69-31-38-14-8-5-9-15-38)51(70-32-39-16-10-6-11-17-39)55(73-44)72-33-40-18-12-7-13-19-40/h5-19,36-37,43-45,50-53,55-56H,20-35H2,1-4H3/t37-,43+,44-,45+,50+,51-,52+,53+,55?,56-,57+,58?,59-,60-/m1/s1. The lowest BCUT2D eigenvalue weighted by Gasteiger charge is -2.53. The Labute approximate surface area is 449 Å². The van der Waals surface area contributed by atoms with Crippen LogP contribution in [0.1, 0.15) is 89.3 Å². The van der Waals surface area contributed by atoms with Crippen LogP contribution in [0.3, 0.4) is 0 Å². The molecule has 3 aliphatic carbocycles. The number of esters is 3. The van der Waals surface area contributed by atoms with Crippen molar-refractivity contribution in [2.45, 2.75) is 158 Å². The van der Waals surface area contributed by atoms with E-state index in [0.717, 1.165) is 34.3 Å². The molecule has 0 radical (unpaired) electrons. The van der Waals surface area contributed by atoms with Crippen molar-refractivity contribution in [1.29, 1.82) is 0 Å². The highest BCUT2D eigenvalue weighted by Gasteiger charge is 3.01. The summed E-state index contributed by atoms with van der Waals surface area (Å²) in [6.45, 7) is 10.7. The summed E-state index contributed by atoms with van der Waals surface area (Å²) in [7, 11) is 0. The fourth-order valence-corrected chi connectivity index (χ4v) is 14.3. The van der Waals surface area contributed by atoms with Crippen LogP contribution in [0.15, 0.2) is 102 Å². The highest BCUT2D eigenvalue weighted by atomic mass is 16.8. The van der Waals surface area contributed by atoms with Crippen molar-refractivity contribution < 1.29 is 71.3 Å². The summed E-state index contributed by atoms with van der Waals surface area (Å²) in [5.41, 5.74) is 2.05. The molecule has 14 atom stereocenters. The molecule has 17 heteroatoms. The number of fused-ring (bicyclic) bond motifs is 4. The molecule has 6 aliphatic heterocycles. The first kappa shape index (κ1) is 52.2. The van der Waals surface area contributed by atoms with Gasteiger partial charge in [0.05, 0.1) is 44.9 Å². The van der Waals surface area contributed by atoms with E-state index in [-0.39, 0.29) is 98.2 Å². The van der Waals surface area contributed by atoms with Gasteiger partial charge in [-0.05, 0) is 53.4 Å². The van der Waals surface area contributed by atoms with Gasteiger partial charge in [0.2, 0.25) is 11.8 Å². The fraction of sp³-hybridized carbons (Fsp3) is 0.583. The Morgan fingerprint density at radius 1 is 0.701 bits per heavy atom. The van der Waals surface area contributed by atoms with Crippen molar-refractivity contribution in [3.8, 4) is 0 Å². The van der Waals surface area contributed by atoms with Crippen LogP contribution in [0.25, 0.3) is 0 Å². The topological polar surface area (TPSA) is 194 Å². The molecular formula is C60H70N2O15. The van der Waals surface area contributed by atoms with Gasteiger partial charge in [-0.15, -0.1) is 0 Å². The smallest absolute Gasteiger partial charge is 0.334 e. The second-order valence-electron chi connectivity index (χ2n) is 23.0. The summed E-state index contributed by atoms with van der Waals surface area (Å²) in [5.74, 6) is -1.91. The van der Waals surface area contributed by atoms with E-state index in [4.69, 9.17) is 47.4 Å². The maximum atomic E-state index is 13.9. The number of amides is 2. The number of carbonyl (C=O) groups is 5. The minimum absolute atomic E-state index is 0.00318. The summed E-state index contributed by atoms with van der Waals surface area (Å²) in [6.07, 6.45) is -2.36. The van der Waals surface area contributed by atoms with E-state index < -0.39 is 59.4 Å². The molecule has 9 aliphatic rings. The molecule has 2 amide bonds. The van der Waals surface area contributed by atoms with Gasteiger partial charge in [-0.3, -0.25) is 19.2 Å². The third-order valence-corrected chi connectivity index (χ3v) is 18.6. The first-order valence-corrected chi connectivity index (χ1v) is 27.7.